The molecule has 2 amide bonds. The average molecular weight is 368 g/mol. The summed E-state index contributed by atoms with van der Waals surface area (Å²) in [7, 11) is 1.26. The summed E-state index contributed by atoms with van der Waals surface area (Å²) in [5, 5.41) is 5.28. The van der Waals surface area contributed by atoms with Gasteiger partial charge in [0.15, 0.2) is 0 Å². The number of aryl methyl sites for hydroxylation is 3. The van der Waals surface area contributed by atoms with E-state index in [0.717, 1.165) is 5.56 Å². The van der Waals surface area contributed by atoms with Crippen LogP contribution in [0.4, 0.5) is 5.69 Å². The number of ether oxygens (including phenoxy) is 1. The lowest BCUT2D eigenvalue weighted by atomic mass is 10.0. The number of methoxy groups -OCH3 is 1. The number of hydrogen-bond acceptors (Lipinski definition) is 4. The van der Waals surface area contributed by atoms with E-state index in [1.54, 1.807) is 24.3 Å². The smallest absolute Gasteiger partial charge is 0.325 e. The number of amides is 2. The fraction of sp³-hybridized carbons (Fsp3) is 0.286. The molecule has 0 aliphatic heterocycles. The average Bonchev–Trinajstić information content (AvgIpc) is 2.65. The van der Waals surface area contributed by atoms with Gasteiger partial charge in [0.1, 0.15) is 6.54 Å². The van der Waals surface area contributed by atoms with Crippen LogP contribution in [-0.4, -0.2) is 31.4 Å². The van der Waals surface area contributed by atoms with Crippen LogP contribution in [0.25, 0.3) is 0 Å². The van der Waals surface area contributed by atoms with Gasteiger partial charge in [-0.05, 0) is 55.7 Å². The zero-order valence-corrected chi connectivity index (χ0v) is 15.8. The molecule has 0 fully saturated rings. The summed E-state index contributed by atoms with van der Waals surface area (Å²) in [6.45, 7) is 3.90. The van der Waals surface area contributed by atoms with E-state index in [2.05, 4.69) is 27.5 Å². The van der Waals surface area contributed by atoms with Crippen LogP contribution < -0.4 is 10.6 Å². The molecule has 0 saturated heterocycles. The highest BCUT2D eigenvalue weighted by atomic mass is 16.5. The summed E-state index contributed by atoms with van der Waals surface area (Å²) in [4.78, 5) is 35.1. The zero-order valence-electron chi connectivity index (χ0n) is 15.8. The molecule has 2 rings (SSSR count). The van der Waals surface area contributed by atoms with Gasteiger partial charge in [-0.1, -0.05) is 23.8 Å². The number of carbonyl (C=O) groups is 3. The Morgan fingerprint density at radius 2 is 1.70 bits per heavy atom. The van der Waals surface area contributed by atoms with E-state index < -0.39 is 5.97 Å². The Bertz CT molecular complexity index is 829. The molecule has 0 aromatic heterocycles. The molecule has 142 valence electrons. The quantitative estimate of drug-likeness (QED) is 0.736. The highest BCUT2D eigenvalue weighted by Crippen LogP contribution is 2.14. The molecule has 0 heterocycles. The Kier molecular flexibility index (Phi) is 7.11. The SMILES string of the molecule is COC(=O)CNC(=O)c1ccc(NC(=O)CCc2ccc(C)cc2C)cc1. The van der Waals surface area contributed by atoms with Gasteiger partial charge in [-0.25, -0.2) is 0 Å². The van der Waals surface area contributed by atoms with Gasteiger partial charge >= 0.3 is 5.97 Å². The van der Waals surface area contributed by atoms with E-state index in [9.17, 15) is 14.4 Å². The second-order valence-electron chi connectivity index (χ2n) is 6.31. The first-order valence-corrected chi connectivity index (χ1v) is 8.70. The monoisotopic (exact) mass is 368 g/mol. The van der Waals surface area contributed by atoms with Crippen molar-refractivity contribution in [3.8, 4) is 0 Å². The Hall–Kier alpha value is -3.15. The summed E-state index contributed by atoms with van der Waals surface area (Å²) in [5.41, 5.74) is 4.56. The standard InChI is InChI=1S/C21H24N2O4/c1-14-4-5-16(15(2)12-14)8-11-19(24)23-18-9-6-17(7-10-18)21(26)22-13-20(25)27-3/h4-7,9-10,12H,8,11,13H2,1-3H3,(H,22,26)(H,23,24). The molecule has 27 heavy (non-hydrogen) atoms. The molecular formula is C21H24N2O4. The maximum absolute atomic E-state index is 12.2. The molecular weight excluding hydrogens is 344 g/mol. The van der Waals surface area contributed by atoms with E-state index in [-0.39, 0.29) is 18.4 Å². The van der Waals surface area contributed by atoms with Crippen molar-refractivity contribution >= 4 is 23.5 Å². The highest BCUT2D eigenvalue weighted by molar-refractivity contribution is 5.97. The molecule has 0 aliphatic carbocycles. The summed E-state index contributed by atoms with van der Waals surface area (Å²) >= 11 is 0. The van der Waals surface area contributed by atoms with Crippen LogP contribution >= 0.6 is 0 Å². The van der Waals surface area contributed by atoms with Crippen LogP contribution in [0.15, 0.2) is 42.5 Å². The molecule has 0 unspecified atom stereocenters. The van der Waals surface area contributed by atoms with Crippen molar-refractivity contribution in [3.05, 3.63) is 64.7 Å². The van der Waals surface area contributed by atoms with Crippen LogP contribution in [0.5, 0.6) is 0 Å². The summed E-state index contributed by atoms with van der Waals surface area (Å²) in [6.07, 6.45) is 1.05. The van der Waals surface area contributed by atoms with Gasteiger partial charge in [0.05, 0.1) is 7.11 Å². The summed E-state index contributed by atoms with van der Waals surface area (Å²) in [6, 6.07) is 12.7. The first-order chi connectivity index (χ1) is 12.9. The van der Waals surface area contributed by atoms with Gasteiger partial charge in [0, 0.05) is 17.7 Å². The molecule has 0 bridgehead atoms. The molecule has 0 spiro atoms. The van der Waals surface area contributed by atoms with E-state index in [1.165, 1.54) is 18.2 Å². The molecule has 6 nitrogen and oxygen atoms in total. The van der Waals surface area contributed by atoms with Gasteiger partial charge < -0.3 is 15.4 Å². The lowest BCUT2D eigenvalue weighted by Crippen LogP contribution is -2.30. The lowest BCUT2D eigenvalue weighted by molar-refractivity contribution is -0.139. The van der Waals surface area contributed by atoms with Crippen LogP contribution in [0, 0.1) is 13.8 Å². The number of anilines is 1. The van der Waals surface area contributed by atoms with Crippen molar-refractivity contribution in [2.24, 2.45) is 0 Å². The molecule has 2 aromatic carbocycles. The number of benzene rings is 2. The van der Waals surface area contributed by atoms with Crippen molar-refractivity contribution in [2.45, 2.75) is 26.7 Å². The molecule has 6 heteroatoms. The van der Waals surface area contributed by atoms with Crippen LogP contribution in [0.2, 0.25) is 0 Å². The zero-order chi connectivity index (χ0) is 19.8. The Balaban J connectivity index is 1.85. The van der Waals surface area contributed by atoms with E-state index in [1.807, 2.05) is 19.9 Å². The molecule has 2 N–H and O–H groups in total. The van der Waals surface area contributed by atoms with Crippen molar-refractivity contribution in [1.29, 1.82) is 0 Å². The van der Waals surface area contributed by atoms with Gasteiger partial charge in [-0.3, -0.25) is 14.4 Å². The fourth-order valence-electron chi connectivity index (χ4n) is 2.63. The van der Waals surface area contributed by atoms with Crippen molar-refractivity contribution in [3.63, 3.8) is 0 Å². The van der Waals surface area contributed by atoms with Crippen molar-refractivity contribution < 1.29 is 19.1 Å². The largest absolute Gasteiger partial charge is 0.468 e. The van der Waals surface area contributed by atoms with Crippen LogP contribution in [0.3, 0.4) is 0 Å². The van der Waals surface area contributed by atoms with E-state index in [0.29, 0.717) is 24.1 Å². The number of hydrogen-bond donors (Lipinski definition) is 2. The minimum atomic E-state index is -0.518. The van der Waals surface area contributed by atoms with Gasteiger partial charge in [-0.2, -0.15) is 0 Å². The second kappa shape index (κ2) is 9.52. The first kappa shape index (κ1) is 20.2. The molecule has 0 radical (unpaired) electrons. The normalized spacial score (nSPS) is 10.2. The fourth-order valence-corrected chi connectivity index (χ4v) is 2.63. The van der Waals surface area contributed by atoms with Gasteiger partial charge in [0.2, 0.25) is 5.91 Å². The molecule has 0 aliphatic rings. The number of nitrogens with one attached hydrogen (secondary N) is 2. The number of esters is 1. The Labute approximate surface area is 158 Å². The number of carbonyl (C=O) groups excluding carboxylic acids is 3. The second-order valence-corrected chi connectivity index (χ2v) is 6.31. The summed E-state index contributed by atoms with van der Waals surface area (Å²) in [5.74, 6) is -0.984. The maximum Gasteiger partial charge on any atom is 0.325 e. The van der Waals surface area contributed by atoms with Crippen LogP contribution in [-0.2, 0) is 20.7 Å². The minimum absolute atomic E-state index is 0.0853. The molecule has 2 aromatic rings. The van der Waals surface area contributed by atoms with Gasteiger partial charge in [0.25, 0.3) is 5.91 Å². The molecule has 0 atom stereocenters. The lowest BCUT2D eigenvalue weighted by Gasteiger charge is -2.09. The van der Waals surface area contributed by atoms with Crippen molar-refractivity contribution in [2.75, 3.05) is 19.0 Å². The maximum atomic E-state index is 12.2. The third-order valence-corrected chi connectivity index (χ3v) is 4.17. The first-order valence-electron chi connectivity index (χ1n) is 8.70. The van der Waals surface area contributed by atoms with Crippen molar-refractivity contribution in [1.82, 2.24) is 5.32 Å². The summed E-state index contributed by atoms with van der Waals surface area (Å²) < 4.78 is 4.47. The Morgan fingerprint density at radius 3 is 2.33 bits per heavy atom. The third kappa shape index (κ3) is 6.26. The third-order valence-electron chi connectivity index (χ3n) is 4.17. The minimum Gasteiger partial charge on any atom is -0.468 e. The predicted molar refractivity (Wildman–Crippen MR) is 104 cm³/mol. The van der Waals surface area contributed by atoms with E-state index in [4.69, 9.17) is 0 Å². The number of rotatable bonds is 7. The molecule has 0 saturated carbocycles. The van der Waals surface area contributed by atoms with Gasteiger partial charge in [-0.15, -0.1) is 0 Å². The highest BCUT2D eigenvalue weighted by Gasteiger charge is 2.09. The Morgan fingerprint density at radius 1 is 1.00 bits per heavy atom. The van der Waals surface area contributed by atoms with E-state index >= 15 is 0 Å². The van der Waals surface area contributed by atoms with Crippen LogP contribution in [0.1, 0.15) is 33.5 Å². The topological polar surface area (TPSA) is 84.5 Å². The predicted octanol–water partition coefficient (Wildman–Crippen LogP) is 2.78.